The zero-order valence-corrected chi connectivity index (χ0v) is 16.8. The van der Waals surface area contributed by atoms with E-state index in [1.807, 2.05) is 30.3 Å². The number of carbonyl (C=O) groups excluding carboxylic acids is 2. The number of H-pyrrole nitrogens is 1. The first-order valence-electron chi connectivity index (χ1n) is 9.88. The van der Waals surface area contributed by atoms with Gasteiger partial charge in [-0.05, 0) is 65.7 Å². The maximum atomic E-state index is 12.5. The predicted molar refractivity (Wildman–Crippen MR) is 120 cm³/mol. The minimum Gasteiger partial charge on any atom is -0.497 e. The van der Waals surface area contributed by atoms with Crippen molar-refractivity contribution in [2.75, 3.05) is 12.4 Å². The van der Waals surface area contributed by atoms with Crippen LogP contribution in [0.25, 0.3) is 28.2 Å². The number of aromatic amines is 1. The first-order chi connectivity index (χ1) is 15.1. The van der Waals surface area contributed by atoms with Gasteiger partial charge in [0.05, 0.1) is 19.2 Å². The van der Waals surface area contributed by atoms with E-state index >= 15 is 0 Å². The number of fused-ring (bicyclic) bond motifs is 5. The Bertz CT molecular complexity index is 1350. The van der Waals surface area contributed by atoms with Crippen molar-refractivity contribution in [1.82, 2.24) is 9.97 Å². The number of rotatable bonds is 4. The Morgan fingerprint density at radius 2 is 1.97 bits per heavy atom. The summed E-state index contributed by atoms with van der Waals surface area (Å²) in [6.45, 7) is 0. The number of allylic oxidation sites excluding steroid dienone is 1. The molecule has 6 heteroatoms. The normalized spacial score (nSPS) is 12.9. The van der Waals surface area contributed by atoms with Crippen LogP contribution in [0.3, 0.4) is 0 Å². The van der Waals surface area contributed by atoms with Crippen LogP contribution in [0.2, 0.25) is 0 Å². The van der Waals surface area contributed by atoms with E-state index in [0.717, 1.165) is 33.3 Å². The molecule has 1 aliphatic rings. The van der Waals surface area contributed by atoms with Gasteiger partial charge in [-0.3, -0.25) is 9.59 Å². The molecule has 0 saturated carbocycles. The fourth-order valence-electron chi connectivity index (χ4n) is 3.85. The van der Waals surface area contributed by atoms with Crippen molar-refractivity contribution in [3.8, 4) is 17.0 Å². The summed E-state index contributed by atoms with van der Waals surface area (Å²) in [5.74, 6) is 1.08. The Morgan fingerprint density at radius 3 is 2.77 bits per heavy atom. The van der Waals surface area contributed by atoms with Crippen LogP contribution in [0.5, 0.6) is 5.75 Å². The summed E-state index contributed by atoms with van der Waals surface area (Å²) in [4.78, 5) is 32.6. The number of hydrogen-bond acceptors (Lipinski definition) is 4. The summed E-state index contributed by atoms with van der Waals surface area (Å²) in [6.07, 6.45) is 5.26. The monoisotopic (exact) mass is 409 g/mol. The maximum absolute atomic E-state index is 12.5. The Kier molecular flexibility index (Phi) is 4.59. The summed E-state index contributed by atoms with van der Waals surface area (Å²) >= 11 is 0. The third-order valence-electron chi connectivity index (χ3n) is 5.40. The topological polar surface area (TPSA) is 84.1 Å². The molecule has 0 spiro atoms. The molecule has 3 heterocycles. The van der Waals surface area contributed by atoms with Crippen molar-refractivity contribution in [3.05, 3.63) is 83.6 Å². The molecule has 2 aromatic heterocycles. The van der Waals surface area contributed by atoms with Gasteiger partial charge in [0, 0.05) is 28.2 Å². The number of aromatic nitrogens is 2. The average molecular weight is 409 g/mol. The summed E-state index contributed by atoms with van der Waals surface area (Å²) in [5.41, 5.74) is 5.10. The van der Waals surface area contributed by atoms with Gasteiger partial charge in [-0.2, -0.15) is 0 Å². The van der Waals surface area contributed by atoms with Gasteiger partial charge in [0.1, 0.15) is 11.6 Å². The lowest BCUT2D eigenvalue weighted by molar-refractivity contribution is -0.115. The lowest BCUT2D eigenvalue weighted by Gasteiger charge is -2.04. The van der Waals surface area contributed by atoms with E-state index in [1.54, 1.807) is 49.7 Å². The number of nitrogens with zero attached hydrogens (tertiary/aromatic N) is 1. The highest BCUT2D eigenvalue weighted by molar-refractivity contribution is 6.07. The van der Waals surface area contributed by atoms with E-state index in [9.17, 15) is 9.59 Å². The number of carbonyl (C=O) groups is 2. The van der Waals surface area contributed by atoms with Crippen molar-refractivity contribution in [2.24, 2.45) is 0 Å². The average Bonchev–Trinajstić information content (AvgIpc) is 3.07. The Balaban J connectivity index is 1.50. The standard InChI is InChI=1S/C25H19N3O3/c1-31-17-8-6-16(7-9-17)22(29)11-5-15-4-10-21-19(13-15)20-14-23(30)28-25-18(24(20)27-21)3-2-12-26-25/h2-13,27H,14H2,1H3,(H,26,28,30)/b11-5+. The zero-order valence-electron chi connectivity index (χ0n) is 16.8. The fraction of sp³-hybridized carbons (Fsp3) is 0.0800. The number of hydrogen-bond donors (Lipinski definition) is 2. The molecular weight excluding hydrogens is 390 g/mol. The Labute approximate surface area is 178 Å². The number of nitrogens with one attached hydrogen (secondary N) is 2. The summed E-state index contributed by atoms with van der Waals surface area (Å²) < 4.78 is 5.13. The van der Waals surface area contributed by atoms with Crippen molar-refractivity contribution in [1.29, 1.82) is 0 Å². The number of pyridine rings is 1. The van der Waals surface area contributed by atoms with Crippen LogP contribution in [0, 0.1) is 0 Å². The van der Waals surface area contributed by atoms with Gasteiger partial charge in [-0.25, -0.2) is 4.98 Å². The van der Waals surface area contributed by atoms with E-state index in [-0.39, 0.29) is 18.1 Å². The van der Waals surface area contributed by atoms with Crippen molar-refractivity contribution in [3.63, 3.8) is 0 Å². The number of amides is 1. The van der Waals surface area contributed by atoms with Crippen LogP contribution in [0.1, 0.15) is 21.5 Å². The van der Waals surface area contributed by atoms with E-state index in [2.05, 4.69) is 15.3 Å². The summed E-state index contributed by atoms with van der Waals surface area (Å²) in [7, 11) is 1.59. The molecule has 6 nitrogen and oxygen atoms in total. The Morgan fingerprint density at radius 1 is 1.13 bits per heavy atom. The smallest absolute Gasteiger partial charge is 0.230 e. The van der Waals surface area contributed by atoms with Crippen molar-refractivity contribution >= 4 is 34.5 Å². The van der Waals surface area contributed by atoms with Gasteiger partial charge in [0.2, 0.25) is 5.91 Å². The lowest BCUT2D eigenvalue weighted by atomic mass is 10.0. The molecule has 0 saturated heterocycles. The van der Waals surface area contributed by atoms with E-state index < -0.39 is 0 Å². The van der Waals surface area contributed by atoms with E-state index in [1.165, 1.54) is 0 Å². The minimum absolute atomic E-state index is 0.0879. The molecule has 1 amide bonds. The first-order valence-corrected chi connectivity index (χ1v) is 9.88. The summed E-state index contributed by atoms with van der Waals surface area (Å²) in [5, 5.41) is 3.82. The van der Waals surface area contributed by atoms with Crippen LogP contribution in [-0.4, -0.2) is 28.8 Å². The number of methoxy groups -OCH3 is 1. The molecule has 0 bridgehead atoms. The SMILES string of the molecule is COc1ccc(C(=O)/C=C/c2ccc3[nH]c4c(c3c2)CC(=O)Nc2ncccc2-4)cc1. The predicted octanol–water partition coefficient (Wildman–Crippen LogP) is 4.63. The minimum atomic E-state index is -0.102. The van der Waals surface area contributed by atoms with Gasteiger partial charge in [0.25, 0.3) is 0 Å². The second-order valence-electron chi connectivity index (χ2n) is 7.33. The molecule has 2 N–H and O–H groups in total. The highest BCUT2D eigenvalue weighted by Crippen LogP contribution is 2.36. The quantitative estimate of drug-likeness (QED) is 0.380. The zero-order chi connectivity index (χ0) is 21.4. The molecule has 31 heavy (non-hydrogen) atoms. The molecule has 0 unspecified atom stereocenters. The van der Waals surface area contributed by atoms with E-state index in [0.29, 0.717) is 17.1 Å². The van der Waals surface area contributed by atoms with E-state index in [4.69, 9.17) is 4.74 Å². The number of anilines is 1. The Hall–Kier alpha value is -4.19. The first kappa shape index (κ1) is 18.8. The van der Waals surface area contributed by atoms with Crippen LogP contribution >= 0.6 is 0 Å². The van der Waals surface area contributed by atoms with Crippen LogP contribution < -0.4 is 10.1 Å². The van der Waals surface area contributed by atoms with Crippen LogP contribution in [0.15, 0.2) is 66.9 Å². The molecule has 1 aliphatic heterocycles. The van der Waals surface area contributed by atoms with Gasteiger partial charge in [-0.1, -0.05) is 12.1 Å². The molecular formula is C25H19N3O3. The molecule has 0 radical (unpaired) electrons. The lowest BCUT2D eigenvalue weighted by Crippen LogP contribution is -2.13. The number of ketones is 1. The highest BCUT2D eigenvalue weighted by atomic mass is 16.5. The third-order valence-corrected chi connectivity index (χ3v) is 5.40. The van der Waals surface area contributed by atoms with Gasteiger partial charge in [-0.15, -0.1) is 0 Å². The highest BCUT2D eigenvalue weighted by Gasteiger charge is 2.23. The molecule has 0 atom stereocenters. The van der Waals surface area contributed by atoms with Crippen LogP contribution in [0.4, 0.5) is 5.82 Å². The summed E-state index contributed by atoms with van der Waals surface area (Å²) in [6, 6.07) is 16.7. The molecule has 0 aliphatic carbocycles. The molecule has 5 rings (SSSR count). The largest absolute Gasteiger partial charge is 0.497 e. The van der Waals surface area contributed by atoms with Gasteiger partial charge in [0.15, 0.2) is 5.78 Å². The van der Waals surface area contributed by atoms with Crippen LogP contribution in [-0.2, 0) is 11.2 Å². The van der Waals surface area contributed by atoms with Gasteiger partial charge < -0.3 is 15.0 Å². The number of ether oxygens (including phenoxy) is 1. The third kappa shape index (κ3) is 3.48. The van der Waals surface area contributed by atoms with Crippen molar-refractivity contribution in [2.45, 2.75) is 6.42 Å². The number of benzene rings is 2. The van der Waals surface area contributed by atoms with Crippen molar-refractivity contribution < 1.29 is 14.3 Å². The molecule has 0 fully saturated rings. The fourth-order valence-corrected chi connectivity index (χ4v) is 3.85. The molecule has 152 valence electrons. The van der Waals surface area contributed by atoms with Gasteiger partial charge >= 0.3 is 0 Å². The molecule has 2 aromatic carbocycles. The second-order valence-corrected chi connectivity index (χ2v) is 7.33. The maximum Gasteiger partial charge on any atom is 0.230 e. The molecule has 4 aromatic rings. The second kappa shape index (κ2) is 7.57.